The molecule has 146 valence electrons. The molecule has 0 unspecified atom stereocenters. The largest absolute Gasteiger partial charge is 0.496 e. The highest BCUT2D eigenvalue weighted by Crippen LogP contribution is 2.21. The van der Waals surface area contributed by atoms with E-state index in [4.69, 9.17) is 4.74 Å². The standard InChI is InChI=1S/C21H30N4O2/c1-27-20-11-3-2-8-18(20)9-6-13-22-21(26)25-16-5-4-10-19(25)12-17-24-15-7-14-23-24/h2-3,7-8,11,14-15,19H,4-6,9-10,12-13,16-17H2,1H3,(H,22,26)/t19-/m1/s1. The minimum atomic E-state index is 0.0696. The quantitative estimate of drug-likeness (QED) is 0.724. The Morgan fingerprint density at radius 3 is 3.00 bits per heavy atom. The molecule has 1 aliphatic heterocycles. The predicted octanol–water partition coefficient (Wildman–Crippen LogP) is 3.48. The summed E-state index contributed by atoms with van der Waals surface area (Å²) in [6.45, 7) is 2.39. The Labute approximate surface area is 161 Å². The lowest BCUT2D eigenvalue weighted by Gasteiger charge is -2.35. The lowest BCUT2D eigenvalue weighted by molar-refractivity contribution is 0.143. The summed E-state index contributed by atoms with van der Waals surface area (Å²) in [5.74, 6) is 0.915. The molecule has 2 heterocycles. The average Bonchev–Trinajstić information content (AvgIpc) is 3.23. The fourth-order valence-electron chi connectivity index (χ4n) is 3.77. The highest BCUT2D eigenvalue weighted by Gasteiger charge is 2.26. The number of benzene rings is 1. The fourth-order valence-corrected chi connectivity index (χ4v) is 3.77. The zero-order chi connectivity index (χ0) is 18.9. The van der Waals surface area contributed by atoms with Crippen LogP contribution in [-0.2, 0) is 13.0 Å². The van der Waals surface area contributed by atoms with Gasteiger partial charge in [0.1, 0.15) is 5.75 Å². The average molecular weight is 370 g/mol. The van der Waals surface area contributed by atoms with Crippen LogP contribution in [0.25, 0.3) is 0 Å². The smallest absolute Gasteiger partial charge is 0.317 e. The van der Waals surface area contributed by atoms with Crippen molar-refractivity contribution >= 4 is 6.03 Å². The van der Waals surface area contributed by atoms with Crippen LogP contribution in [0.5, 0.6) is 5.75 Å². The molecule has 1 fully saturated rings. The number of hydrogen-bond donors (Lipinski definition) is 1. The Kier molecular flexibility index (Phi) is 7.13. The van der Waals surface area contributed by atoms with Crippen molar-refractivity contribution in [3.63, 3.8) is 0 Å². The molecule has 1 aliphatic rings. The van der Waals surface area contributed by atoms with E-state index >= 15 is 0 Å². The fraction of sp³-hybridized carbons (Fsp3) is 0.524. The second-order valence-electron chi connectivity index (χ2n) is 7.05. The van der Waals surface area contributed by atoms with Gasteiger partial charge in [0.15, 0.2) is 0 Å². The zero-order valence-corrected chi connectivity index (χ0v) is 16.1. The van der Waals surface area contributed by atoms with Gasteiger partial charge in [0.25, 0.3) is 0 Å². The van der Waals surface area contributed by atoms with E-state index < -0.39 is 0 Å². The van der Waals surface area contributed by atoms with E-state index in [1.807, 2.05) is 40.0 Å². The van der Waals surface area contributed by atoms with E-state index in [-0.39, 0.29) is 6.03 Å². The maximum atomic E-state index is 12.7. The summed E-state index contributed by atoms with van der Waals surface area (Å²) in [7, 11) is 1.69. The molecule has 1 aromatic carbocycles. The van der Waals surface area contributed by atoms with Crippen LogP contribution in [0.1, 0.15) is 37.7 Å². The molecule has 2 aromatic rings. The Balaban J connectivity index is 1.44. The first-order chi connectivity index (χ1) is 13.3. The molecule has 2 amide bonds. The van der Waals surface area contributed by atoms with Crippen molar-refractivity contribution in [2.24, 2.45) is 0 Å². The number of hydrogen-bond acceptors (Lipinski definition) is 3. The van der Waals surface area contributed by atoms with Gasteiger partial charge in [-0.25, -0.2) is 4.79 Å². The Morgan fingerprint density at radius 1 is 1.30 bits per heavy atom. The number of methoxy groups -OCH3 is 1. The van der Waals surface area contributed by atoms with Gasteiger partial charge < -0.3 is 15.0 Å². The van der Waals surface area contributed by atoms with E-state index in [2.05, 4.69) is 16.5 Å². The van der Waals surface area contributed by atoms with Gasteiger partial charge >= 0.3 is 6.03 Å². The normalized spacial score (nSPS) is 16.9. The number of amides is 2. The molecule has 0 bridgehead atoms. The monoisotopic (exact) mass is 370 g/mol. The van der Waals surface area contributed by atoms with Crippen molar-refractivity contribution in [1.82, 2.24) is 20.0 Å². The molecule has 1 saturated heterocycles. The van der Waals surface area contributed by atoms with Gasteiger partial charge in [-0.15, -0.1) is 0 Å². The molecular formula is C21H30N4O2. The van der Waals surface area contributed by atoms with Gasteiger partial charge in [0, 0.05) is 38.1 Å². The summed E-state index contributed by atoms with van der Waals surface area (Å²) in [4.78, 5) is 14.7. The minimum Gasteiger partial charge on any atom is -0.496 e. The first-order valence-electron chi connectivity index (χ1n) is 9.91. The summed E-state index contributed by atoms with van der Waals surface area (Å²) in [5.41, 5.74) is 1.18. The molecule has 0 spiro atoms. The summed E-state index contributed by atoms with van der Waals surface area (Å²) < 4.78 is 7.33. The molecule has 6 nitrogen and oxygen atoms in total. The molecule has 6 heteroatoms. The molecule has 1 aromatic heterocycles. The first-order valence-corrected chi connectivity index (χ1v) is 9.91. The van der Waals surface area contributed by atoms with Crippen molar-refractivity contribution in [3.8, 4) is 5.75 Å². The number of rotatable bonds is 8. The van der Waals surface area contributed by atoms with Gasteiger partial charge in [-0.05, 0) is 56.2 Å². The first kappa shape index (κ1) is 19.3. The maximum absolute atomic E-state index is 12.7. The molecule has 27 heavy (non-hydrogen) atoms. The van der Waals surface area contributed by atoms with E-state index in [1.54, 1.807) is 13.3 Å². The second-order valence-corrected chi connectivity index (χ2v) is 7.05. The van der Waals surface area contributed by atoms with Crippen molar-refractivity contribution in [1.29, 1.82) is 0 Å². The van der Waals surface area contributed by atoms with Crippen LogP contribution in [0, 0.1) is 0 Å². The predicted molar refractivity (Wildman–Crippen MR) is 106 cm³/mol. The van der Waals surface area contributed by atoms with Crippen LogP contribution in [0.2, 0.25) is 0 Å². The molecular weight excluding hydrogens is 340 g/mol. The number of urea groups is 1. The number of likely N-dealkylation sites (tertiary alicyclic amines) is 1. The van der Waals surface area contributed by atoms with Crippen molar-refractivity contribution < 1.29 is 9.53 Å². The van der Waals surface area contributed by atoms with E-state index in [0.717, 1.165) is 50.9 Å². The highest BCUT2D eigenvalue weighted by atomic mass is 16.5. The number of aromatic nitrogens is 2. The summed E-state index contributed by atoms with van der Waals surface area (Å²) in [5, 5.41) is 7.37. The van der Waals surface area contributed by atoms with Gasteiger partial charge in [0.05, 0.1) is 7.11 Å². The molecule has 0 aliphatic carbocycles. The third kappa shape index (κ3) is 5.49. The third-order valence-electron chi connectivity index (χ3n) is 5.23. The van der Waals surface area contributed by atoms with Crippen LogP contribution in [0.3, 0.4) is 0 Å². The SMILES string of the molecule is COc1ccccc1CCCNC(=O)N1CCCC[C@@H]1CCn1cccn1. The third-order valence-corrected chi connectivity index (χ3v) is 5.23. The van der Waals surface area contributed by atoms with Crippen LogP contribution < -0.4 is 10.1 Å². The van der Waals surface area contributed by atoms with Crippen molar-refractivity contribution in [2.45, 2.75) is 51.1 Å². The van der Waals surface area contributed by atoms with E-state index in [1.165, 1.54) is 12.0 Å². The lowest BCUT2D eigenvalue weighted by atomic mass is 10.00. The Hall–Kier alpha value is -2.50. The van der Waals surface area contributed by atoms with Crippen LogP contribution in [0.15, 0.2) is 42.7 Å². The number of ether oxygens (including phenoxy) is 1. The molecule has 3 rings (SSSR count). The van der Waals surface area contributed by atoms with E-state index in [9.17, 15) is 4.79 Å². The number of piperidine rings is 1. The van der Waals surface area contributed by atoms with Crippen molar-refractivity contribution in [3.05, 3.63) is 48.3 Å². The van der Waals surface area contributed by atoms with Gasteiger partial charge in [-0.2, -0.15) is 5.10 Å². The maximum Gasteiger partial charge on any atom is 0.317 e. The van der Waals surface area contributed by atoms with Crippen LogP contribution in [-0.4, -0.2) is 47.0 Å². The summed E-state index contributed by atoms with van der Waals surface area (Å²) in [6, 6.07) is 10.4. The van der Waals surface area contributed by atoms with Crippen LogP contribution in [0.4, 0.5) is 4.79 Å². The zero-order valence-electron chi connectivity index (χ0n) is 16.1. The molecule has 1 atom stereocenters. The summed E-state index contributed by atoms with van der Waals surface area (Å²) >= 11 is 0. The van der Waals surface area contributed by atoms with Gasteiger partial charge in [-0.1, -0.05) is 18.2 Å². The molecule has 0 radical (unpaired) electrons. The number of nitrogens with one attached hydrogen (secondary N) is 1. The molecule has 1 N–H and O–H groups in total. The van der Waals surface area contributed by atoms with Crippen molar-refractivity contribution in [2.75, 3.05) is 20.2 Å². The highest BCUT2D eigenvalue weighted by molar-refractivity contribution is 5.74. The number of aryl methyl sites for hydroxylation is 2. The van der Waals surface area contributed by atoms with E-state index in [0.29, 0.717) is 12.6 Å². The number of para-hydroxylation sites is 1. The van der Waals surface area contributed by atoms with Crippen LogP contribution >= 0.6 is 0 Å². The Morgan fingerprint density at radius 2 is 2.19 bits per heavy atom. The Bertz CT molecular complexity index is 702. The number of nitrogens with zero attached hydrogens (tertiary/aromatic N) is 3. The van der Waals surface area contributed by atoms with Gasteiger partial charge in [-0.3, -0.25) is 4.68 Å². The lowest BCUT2D eigenvalue weighted by Crippen LogP contribution is -2.49. The number of carbonyl (C=O) groups is 1. The number of carbonyl (C=O) groups excluding carboxylic acids is 1. The molecule has 0 saturated carbocycles. The minimum absolute atomic E-state index is 0.0696. The topological polar surface area (TPSA) is 59.4 Å². The summed E-state index contributed by atoms with van der Waals surface area (Å²) in [6.07, 6.45) is 9.89. The second kappa shape index (κ2) is 10.00. The van der Waals surface area contributed by atoms with Gasteiger partial charge in [0.2, 0.25) is 0 Å².